The third-order valence-corrected chi connectivity index (χ3v) is 0.605. The van der Waals surface area contributed by atoms with Gasteiger partial charge in [0, 0.05) is 8.41 Å². The lowest BCUT2D eigenvalue weighted by molar-refractivity contribution is -0.149. The van der Waals surface area contributed by atoms with Crippen molar-refractivity contribution < 1.29 is 39.6 Å². The predicted octanol–water partition coefficient (Wildman–Crippen LogP) is -1.29. The van der Waals surface area contributed by atoms with Gasteiger partial charge in [0.2, 0.25) is 0 Å². The van der Waals surface area contributed by atoms with Gasteiger partial charge in [-0.1, -0.05) is 0 Å². The van der Waals surface area contributed by atoms with Gasteiger partial charge in [-0.3, -0.25) is 19.2 Å². The maximum absolute atomic E-state index is 9.43. The highest BCUT2D eigenvalue weighted by molar-refractivity contribution is 5.89. The third-order valence-electron chi connectivity index (χ3n) is 0.605. The second-order valence-corrected chi connectivity index (χ2v) is 1.93. The number of carboxylic acid groups (broad SMARTS) is 4. The molecular weight excluding hydrogens is 211 g/mol. The normalized spacial score (nSPS) is 7.47. The summed E-state index contributed by atoms with van der Waals surface area (Å²) in [4.78, 5) is 37.7. The van der Waals surface area contributed by atoms with Crippen molar-refractivity contribution in [1.29, 1.82) is 0 Å². The van der Waals surface area contributed by atoms with E-state index in [-0.39, 0.29) is 8.41 Å². The van der Waals surface area contributed by atoms with Crippen LogP contribution in [0, 0.1) is 0 Å². The van der Waals surface area contributed by atoms with Crippen LogP contribution in [0.15, 0.2) is 0 Å². The molecule has 0 atom stereocenters. The van der Waals surface area contributed by atoms with Gasteiger partial charge in [-0.2, -0.15) is 0 Å². The summed E-state index contributed by atoms with van der Waals surface area (Å²) < 4.78 is 0. The standard InChI is InChI=1S/2C3H4O4.B/c2*4-2(5)1-3(6)7;/h2*1H2,(H,4,5)(H,6,7);. The van der Waals surface area contributed by atoms with Crippen molar-refractivity contribution in [3.05, 3.63) is 0 Å². The highest BCUT2D eigenvalue weighted by Gasteiger charge is 2.02. The van der Waals surface area contributed by atoms with Crippen LogP contribution < -0.4 is 0 Å². The minimum Gasteiger partial charge on any atom is -0.481 e. The minimum absolute atomic E-state index is 0. The predicted molar refractivity (Wildman–Crippen MR) is 45.5 cm³/mol. The summed E-state index contributed by atoms with van der Waals surface area (Å²) in [5, 5.41) is 30.8. The molecule has 0 aromatic heterocycles. The molecule has 8 nitrogen and oxygen atoms in total. The zero-order valence-electron chi connectivity index (χ0n) is 7.41. The number of rotatable bonds is 4. The fourth-order valence-corrected chi connectivity index (χ4v) is 0.259. The Morgan fingerprint density at radius 2 is 0.733 bits per heavy atom. The van der Waals surface area contributed by atoms with E-state index in [4.69, 9.17) is 20.4 Å². The van der Waals surface area contributed by atoms with Crippen LogP contribution in [0.2, 0.25) is 0 Å². The van der Waals surface area contributed by atoms with Crippen molar-refractivity contribution in [2.75, 3.05) is 0 Å². The molecule has 0 amide bonds. The van der Waals surface area contributed by atoms with Crippen molar-refractivity contribution in [1.82, 2.24) is 0 Å². The number of hydrogen-bond acceptors (Lipinski definition) is 4. The van der Waals surface area contributed by atoms with E-state index in [1.54, 1.807) is 0 Å². The van der Waals surface area contributed by atoms with Crippen LogP contribution in [0.25, 0.3) is 0 Å². The van der Waals surface area contributed by atoms with E-state index in [1.807, 2.05) is 0 Å². The van der Waals surface area contributed by atoms with E-state index in [1.165, 1.54) is 0 Å². The first kappa shape index (κ1) is 18.7. The number of aliphatic carboxylic acids is 4. The second kappa shape index (κ2) is 10.0. The van der Waals surface area contributed by atoms with Gasteiger partial charge in [0.15, 0.2) is 0 Å². The largest absolute Gasteiger partial charge is 0.481 e. The van der Waals surface area contributed by atoms with Gasteiger partial charge in [-0.25, -0.2) is 0 Å². The van der Waals surface area contributed by atoms with Crippen molar-refractivity contribution in [3.63, 3.8) is 0 Å². The Morgan fingerprint density at radius 3 is 0.733 bits per heavy atom. The molecule has 4 N–H and O–H groups in total. The van der Waals surface area contributed by atoms with Crippen molar-refractivity contribution in [2.24, 2.45) is 0 Å². The van der Waals surface area contributed by atoms with E-state index in [9.17, 15) is 19.2 Å². The van der Waals surface area contributed by atoms with E-state index in [0.717, 1.165) is 0 Å². The topological polar surface area (TPSA) is 149 Å². The van der Waals surface area contributed by atoms with Crippen LogP contribution in [0.3, 0.4) is 0 Å². The molecule has 0 aromatic rings. The molecule has 0 aliphatic carbocycles. The molecule has 0 saturated heterocycles. The van der Waals surface area contributed by atoms with Gasteiger partial charge >= 0.3 is 23.9 Å². The number of carbonyl (C=O) groups is 4. The van der Waals surface area contributed by atoms with E-state index in [2.05, 4.69) is 0 Å². The lowest BCUT2D eigenvalue weighted by Gasteiger charge is -1.80. The Kier molecular flexibility index (Phi) is 12.5. The van der Waals surface area contributed by atoms with Crippen LogP contribution >= 0.6 is 0 Å². The maximum Gasteiger partial charge on any atom is 0.314 e. The average molecular weight is 219 g/mol. The SMILES string of the molecule is O=C(O)CC(=O)O.O=C(O)CC(=O)O.[B]. The Balaban J connectivity index is -0.000000180. The first-order chi connectivity index (χ1) is 6.25. The molecule has 0 aliphatic rings. The fraction of sp³-hybridized carbons (Fsp3) is 0.333. The van der Waals surface area contributed by atoms with Gasteiger partial charge in [0.05, 0.1) is 0 Å². The zero-order chi connectivity index (χ0) is 11.7. The molecule has 0 aromatic carbocycles. The molecule has 0 bridgehead atoms. The molecule has 0 aliphatic heterocycles. The molecule has 0 unspecified atom stereocenters. The summed E-state index contributed by atoms with van der Waals surface area (Å²) in [6.07, 6.45) is -1.61. The first-order valence-corrected chi connectivity index (χ1v) is 3.13. The van der Waals surface area contributed by atoms with Crippen LogP contribution in [-0.2, 0) is 19.2 Å². The molecular formula is C6H8BO8. The minimum atomic E-state index is -1.31. The summed E-state index contributed by atoms with van der Waals surface area (Å²) in [7, 11) is 0. The molecule has 83 valence electrons. The van der Waals surface area contributed by atoms with Gasteiger partial charge < -0.3 is 20.4 Å². The van der Waals surface area contributed by atoms with Crippen LogP contribution in [0.4, 0.5) is 0 Å². The van der Waals surface area contributed by atoms with Gasteiger partial charge in [0.25, 0.3) is 0 Å². The smallest absolute Gasteiger partial charge is 0.314 e. The lowest BCUT2D eigenvalue weighted by atomic mass is 10.5. The average Bonchev–Trinajstić information content (AvgIpc) is 1.79. The van der Waals surface area contributed by atoms with E-state index >= 15 is 0 Å². The summed E-state index contributed by atoms with van der Waals surface area (Å²) in [5.74, 6) is -5.25. The molecule has 0 rings (SSSR count). The summed E-state index contributed by atoms with van der Waals surface area (Å²) in [5.41, 5.74) is 0. The number of carboxylic acids is 4. The van der Waals surface area contributed by atoms with Crippen molar-refractivity contribution in [3.8, 4) is 0 Å². The highest BCUT2D eigenvalue weighted by atomic mass is 16.4. The molecule has 0 saturated carbocycles. The van der Waals surface area contributed by atoms with E-state index in [0.29, 0.717) is 0 Å². The molecule has 0 spiro atoms. The molecule has 0 heterocycles. The first-order valence-electron chi connectivity index (χ1n) is 3.13. The van der Waals surface area contributed by atoms with E-state index < -0.39 is 36.7 Å². The quantitative estimate of drug-likeness (QED) is 0.337. The monoisotopic (exact) mass is 219 g/mol. The fourth-order valence-electron chi connectivity index (χ4n) is 0.259. The second-order valence-electron chi connectivity index (χ2n) is 1.93. The van der Waals surface area contributed by atoms with Gasteiger partial charge in [0.1, 0.15) is 12.8 Å². The molecule has 9 heteroatoms. The Labute approximate surface area is 85.7 Å². The summed E-state index contributed by atoms with van der Waals surface area (Å²) in [6, 6.07) is 0. The Bertz CT molecular complexity index is 198. The van der Waals surface area contributed by atoms with Crippen LogP contribution in [0.1, 0.15) is 12.8 Å². The Hall–Kier alpha value is -2.06. The highest BCUT2D eigenvalue weighted by Crippen LogP contribution is 1.74. The van der Waals surface area contributed by atoms with Crippen LogP contribution in [0.5, 0.6) is 0 Å². The summed E-state index contributed by atoms with van der Waals surface area (Å²) in [6.45, 7) is 0. The lowest BCUT2D eigenvalue weighted by Crippen LogP contribution is -2.03. The molecule has 15 heavy (non-hydrogen) atoms. The van der Waals surface area contributed by atoms with Crippen molar-refractivity contribution in [2.45, 2.75) is 12.8 Å². The molecule has 3 radical (unpaired) electrons. The van der Waals surface area contributed by atoms with Gasteiger partial charge in [-0.15, -0.1) is 0 Å². The van der Waals surface area contributed by atoms with Crippen molar-refractivity contribution >= 4 is 32.3 Å². The summed E-state index contributed by atoms with van der Waals surface area (Å²) >= 11 is 0. The van der Waals surface area contributed by atoms with Gasteiger partial charge in [-0.05, 0) is 0 Å². The third kappa shape index (κ3) is 33.4. The Morgan fingerprint density at radius 1 is 0.600 bits per heavy atom. The maximum atomic E-state index is 9.43. The molecule has 0 fully saturated rings. The number of hydrogen-bond donors (Lipinski definition) is 4. The van der Waals surface area contributed by atoms with Crippen LogP contribution in [-0.4, -0.2) is 52.7 Å². The zero-order valence-corrected chi connectivity index (χ0v) is 7.41.